The highest BCUT2D eigenvalue weighted by molar-refractivity contribution is 7.91. The van der Waals surface area contributed by atoms with Crippen LogP contribution in [0.1, 0.15) is 34.3 Å². The maximum atomic E-state index is 12.7. The number of rotatable bonds is 2. The van der Waals surface area contributed by atoms with Crippen molar-refractivity contribution in [2.75, 3.05) is 23.4 Å². The zero-order valence-corrected chi connectivity index (χ0v) is 16.5. The van der Waals surface area contributed by atoms with Crippen LogP contribution >= 0.6 is 11.3 Å². The average Bonchev–Trinajstić information content (AvgIpc) is 3.27. The first-order valence-electron chi connectivity index (χ1n) is 8.71. The Labute approximate surface area is 156 Å². The van der Waals surface area contributed by atoms with Crippen LogP contribution in [0, 0.1) is 13.8 Å². The fourth-order valence-corrected chi connectivity index (χ4v) is 6.36. The normalized spacial score (nSPS) is 21.6. The van der Waals surface area contributed by atoms with Crippen molar-refractivity contribution in [3.63, 3.8) is 0 Å². The molecule has 4 rings (SSSR count). The molecule has 2 aliphatic heterocycles. The smallest absolute Gasteiger partial charge is 0.320 e. The largest absolute Gasteiger partial charge is 0.322 e. The topological polar surface area (TPSA) is 84.3 Å². The summed E-state index contributed by atoms with van der Waals surface area (Å²) in [7, 11) is -2.98. The molecule has 4 heterocycles. The van der Waals surface area contributed by atoms with Crippen LogP contribution in [-0.2, 0) is 22.8 Å². The fraction of sp³-hybridized carbons (Fsp3) is 0.529. The fourth-order valence-electron chi connectivity index (χ4n) is 3.78. The maximum absolute atomic E-state index is 12.7. The number of hydrogen-bond acceptors (Lipinski definition) is 5. The second-order valence-electron chi connectivity index (χ2n) is 7.02. The molecule has 2 aromatic rings. The molecule has 0 bridgehead atoms. The zero-order chi connectivity index (χ0) is 18.5. The van der Waals surface area contributed by atoms with Crippen LogP contribution in [0.25, 0.3) is 0 Å². The van der Waals surface area contributed by atoms with E-state index in [9.17, 15) is 13.2 Å². The number of thiophene rings is 1. The molecule has 1 N–H and O–H groups in total. The number of aryl methyl sites for hydroxylation is 1. The standard InChI is InChI=1S/C17H22N4O3S2/c1-11-16(12(2)21(19-11)14-5-8-26(23,24)10-14)18-17(22)20-6-3-15-13(9-20)4-7-25-15/h4,7,14H,3,5-6,8-10H2,1-2H3,(H,18,22). The molecule has 0 aliphatic carbocycles. The third-order valence-corrected chi connectivity index (χ3v) is 7.98. The summed E-state index contributed by atoms with van der Waals surface area (Å²) in [5.74, 6) is 0.323. The highest BCUT2D eigenvalue weighted by atomic mass is 32.2. The van der Waals surface area contributed by atoms with Crippen LogP contribution in [-0.4, -0.2) is 47.2 Å². The summed E-state index contributed by atoms with van der Waals surface area (Å²) in [6, 6.07) is 1.80. The van der Waals surface area contributed by atoms with Crippen LogP contribution < -0.4 is 5.32 Å². The van der Waals surface area contributed by atoms with Crippen molar-refractivity contribution in [2.24, 2.45) is 0 Å². The van der Waals surface area contributed by atoms with Gasteiger partial charge in [-0.25, -0.2) is 13.2 Å². The van der Waals surface area contributed by atoms with E-state index in [0.717, 1.165) is 12.1 Å². The minimum Gasteiger partial charge on any atom is -0.320 e. The third-order valence-electron chi connectivity index (χ3n) is 5.21. The van der Waals surface area contributed by atoms with Gasteiger partial charge in [-0.15, -0.1) is 11.3 Å². The van der Waals surface area contributed by atoms with Gasteiger partial charge in [0.15, 0.2) is 9.84 Å². The molecule has 1 fully saturated rings. The van der Waals surface area contributed by atoms with E-state index in [1.165, 1.54) is 10.4 Å². The monoisotopic (exact) mass is 394 g/mol. The highest BCUT2D eigenvalue weighted by Crippen LogP contribution is 2.30. The lowest BCUT2D eigenvalue weighted by molar-refractivity contribution is 0.207. The number of aromatic nitrogens is 2. The Morgan fingerprint density at radius 2 is 2.19 bits per heavy atom. The number of carbonyl (C=O) groups is 1. The average molecular weight is 395 g/mol. The summed E-state index contributed by atoms with van der Waals surface area (Å²) in [4.78, 5) is 15.9. The van der Waals surface area contributed by atoms with Crippen LogP contribution in [0.4, 0.5) is 10.5 Å². The lowest BCUT2D eigenvalue weighted by atomic mass is 10.1. The van der Waals surface area contributed by atoms with Crippen LogP contribution in [0.5, 0.6) is 0 Å². The van der Waals surface area contributed by atoms with E-state index in [1.807, 2.05) is 18.7 Å². The molecule has 0 saturated carbocycles. The van der Waals surface area contributed by atoms with E-state index in [-0.39, 0.29) is 23.6 Å². The molecular formula is C17H22N4O3S2. The van der Waals surface area contributed by atoms with Crippen molar-refractivity contribution in [2.45, 2.75) is 39.3 Å². The molecule has 1 saturated heterocycles. The van der Waals surface area contributed by atoms with Crippen molar-refractivity contribution in [1.29, 1.82) is 0 Å². The number of fused-ring (bicyclic) bond motifs is 1. The molecule has 26 heavy (non-hydrogen) atoms. The summed E-state index contributed by atoms with van der Waals surface area (Å²) in [5, 5.41) is 9.57. The van der Waals surface area contributed by atoms with Gasteiger partial charge in [0.05, 0.1) is 34.6 Å². The van der Waals surface area contributed by atoms with E-state index in [1.54, 1.807) is 16.0 Å². The van der Waals surface area contributed by atoms with Gasteiger partial charge in [0, 0.05) is 18.0 Å². The summed E-state index contributed by atoms with van der Waals surface area (Å²) in [6.07, 6.45) is 1.46. The molecule has 1 atom stereocenters. The van der Waals surface area contributed by atoms with Crippen molar-refractivity contribution in [3.05, 3.63) is 33.3 Å². The first kappa shape index (κ1) is 17.5. The van der Waals surface area contributed by atoms with Crippen molar-refractivity contribution >= 4 is 32.9 Å². The van der Waals surface area contributed by atoms with Gasteiger partial charge in [0.1, 0.15) is 0 Å². The van der Waals surface area contributed by atoms with Gasteiger partial charge in [-0.2, -0.15) is 5.10 Å². The maximum Gasteiger partial charge on any atom is 0.322 e. The molecule has 1 unspecified atom stereocenters. The second kappa shape index (κ2) is 6.38. The predicted octanol–water partition coefficient (Wildman–Crippen LogP) is 2.51. The number of carbonyl (C=O) groups excluding carboxylic acids is 1. The van der Waals surface area contributed by atoms with Crippen molar-refractivity contribution in [1.82, 2.24) is 14.7 Å². The molecule has 0 spiro atoms. The first-order valence-corrected chi connectivity index (χ1v) is 11.4. The summed E-state index contributed by atoms with van der Waals surface area (Å²) >= 11 is 1.74. The Balaban J connectivity index is 1.51. The SMILES string of the molecule is Cc1nn(C2CCS(=O)(=O)C2)c(C)c1NC(=O)N1CCc2sccc2C1. The van der Waals surface area contributed by atoms with Crippen molar-refractivity contribution in [3.8, 4) is 0 Å². The van der Waals surface area contributed by atoms with E-state index >= 15 is 0 Å². The molecule has 9 heteroatoms. The number of anilines is 1. The van der Waals surface area contributed by atoms with Crippen molar-refractivity contribution < 1.29 is 13.2 Å². The van der Waals surface area contributed by atoms with Crippen LogP contribution in [0.15, 0.2) is 11.4 Å². The van der Waals surface area contributed by atoms with Gasteiger partial charge in [-0.1, -0.05) is 0 Å². The van der Waals surface area contributed by atoms with Crippen LogP contribution in [0.2, 0.25) is 0 Å². The van der Waals surface area contributed by atoms with Gasteiger partial charge < -0.3 is 10.2 Å². The molecule has 2 amide bonds. The third kappa shape index (κ3) is 3.14. The predicted molar refractivity (Wildman–Crippen MR) is 101 cm³/mol. The second-order valence-corrected chi connectivity index (χ2v) is 10.2. The van der Waals surface area contributed by atoms with E-state index in [2.05, 4.69) is 21.9 Å². The Morgan fingerprint density at radius 1 is 1.38 bits per heavy atom. The van der Waals surface area contributed by atoms with E-state index in [0.29, 0.717) is 30.9 Å². The molecular weight excluding hydrogens is 372 g/mol. The number of sulfone groups is 1. The molecule has 2 aliphatic rings. The Hall–Kier alpha value is -1.87. The number of amides is 2. The van der Waals surface area contributed by atoms with Crippen LogP contribution in [0.3, 0.4) is 0 Å². The lowest BCUT2D eigenvalue weighted by Gasteiger charge is -2.27. The van der Waals surface area contributed by atoms with Gasteiger partial charge in [0.2, 0.25) is 0 Å². The van der Waals surface area contributed by atoms with Gasteiger partial charge in [-0.05, 0) is 43.7 Å². The van der Waals surface area contributed by atoms with Gasteiger partial charge in [0.25, 0.3) is 0 Å². The lowest BCUT2D eigenvalue weighted by Crippen LogP contribution is -2.38. The summed E-state index contributed by atoms with van der Waals surface area (Å²) < 4.78 is 25.3. The first-order chi connectivity index (χ1) is 12.3. The Morgan fingerprint density at radius 3 is 2.92 bits per heavy atom. The molecule has 2 aromatic heterocycles. The minimum absolute atomic E-state index is 0.120. The molecule has 0 radical (unpaired) electrons. The number of nitrogens with zero attached hydrogens (tertiary/aromatic N) is 3. The minimum atomic E-state index is -2.98. The molecule has 7 nitrogen and oxygen atoms in total. The Kier molecular flexibility index (Phi) is 4.31. The van der Waals surface area contributed by atoms with E-state index in [4.69, 9.17) is 0 Å². The molecule has 140 valence electrons. The van der Waals surface area contributed by atoms with Gasteiger partial charge >= 0.3 is 6.03 Å². The summed E-state index contributed by atoms with van der Waals surface area (Å²) in [5.41, 5.74) is 3.44. The summed E-state index contributed by atoms with van der Waals surface area (Å²) in [6.45, 7) is 5.05. The van der Waals surface area contributed by atoms with E-state index < -0.39 is 9.84 Å². The number of nitrogens with one attached hydrogen (secondary N) is 1. The van der Waals surface area contributed by atoms with Gasteiger partial charge in [-0.3, -0.25) is 4.68 Å². The highest BCUT2D eigenvalue weighted by Gasteiger charge is 2.32. The number of hydrogen-bond donors (Lipinski definition) is 1. The number of urea groups is 1. The molecule has 0 aromatic carbocycles. The zero-order valence-electron chi connectivity index (χ0n) is 14.9. The quantitative estimate of drug-likeness (QED) is 0.848. The Bertz CT molecular complexity index is 961.